The van der Waals surface area contributed by atoms with Gasteiger partial charge in [0.1, 0.15) is 0 Å². The van der Waals surface area contributed by atoms with E-state index in [-0.39, 0.29) is 12.3 Å². The number of nitrogens with zero attached hydrogens (tertiary/aromatic N) is 2. The van der Waals surface area contributed by atoms with Gasteiger partial charge in [0.25, 0.3) is 0 Å². The number of hydrogen-bond acceptors (Lipinski definition) is 2. The van der Waals surface area contributed by atoms with Gasteiger partial charge in [-0.3, -0.25) is 9.48 Å². The van der Waals surface area contributed by atoms with Crippen molar-refractivity contribution in [3.8, 4) is 0 Å². The first kappa shape index (κ1) is 18.5. The van der Waals surface area contributed by atoms with Crippen molar-refractivity contribution >= 4 is 34.8 Å². The highest BCUT2D eigenvalue weighted by molar-refractivity contribution is 6.30. The highest BCUT2D eigenvalue weighted by Gasteiger charge is 2.15. The Morgan fingerprint density at radius 2 is 1.77 bits per heavy atom. The molecule has 1 aromatic heterocycles. The Balaban J connectivity index is 1.73. The fourth-order valence-electron chi connectivity index (χ4n) is 2.81. The Bertz CT molecular complexity index is 933. The molecule has 0 spiro atoms. The topological polar surface area (TPSA) is 46.9 Å². The molecule has 2 aromatic carbocycles. The molecule has 0 saturated carbocycles. The number of amides is 1. The smallest absolute Gasteiger partial charge is 0.228 e. The molecule has 1 N–H and O–H groups in total. The number of anilines is 1. The van der Waals surface area contributed by atoms with E-state index in [2.05, 4.69) is 10.4 Å². The maximum Gasteiger partial charge on any atom is 0.228 e. The minimum Gasteiger partial charge on any atom is -0.323 e. The maximum absolute atomic E-state index is 12.4. The summed E-state index contributed by atoms with van der Waals surface area (Å²) in [5, 5.41) is 8.88. The summed E-state index contributed by atoms with van der Waals surface area (Å²) in [5.41, 5.74) is 4.42. The van der Waals surface area contributed by atoms with Crippen LogP contribution in [0.5, 0.6) is 0 Å². The van der Waals surface area contributed by atoms with Crippen LogP contribution in [0.3, 0.4) is 0 Å². The van der Waals surface area contributed by atoms with Crippen molar-refractivity contribution in [1.29, 1.82) is 0 Å². The van der Waals surface area contributed by atoms with E-state index in [1.54, 1.807) is 12.1 Å². The zero-order chi connectivity index (χ0) is 18.7. The molecule has 6 heteroatoms. The lowest BCUT2D eigenvalue weighted by Gasteiger charge is -2.08. The monoisotopic (exact) mass is 387 g/mol. The molecular formula is C20H19Cl2N3O. The van der Waals surface area contributed by atoms with Gasteiger partial charge >= 0.3 is 0 Å². The number of hydrogen-bond donors (Lipinski definition) is 1. The molecule has 134 valence electrons. The number of rotatable bonds is 5. The minimum absolute atomic E-state index is 0.0826. The third-order valence-electron chi connectivity index (χ3n) is 4.15. The average Bonchev–Trinajstić information content (AvgIpc) is 2.84. The molecule has 0 fully saturated rings. The van der Waals surface area contributed by atoms with E-state index >= 15 is 0 Å². The van der Waals surface area contributed by atoms with Gasteiger partial charge in [0.05, 0.1) is 30.0 Å². The van der Waals surface area contributed by atoms with Crippen molar-refractivity contribution in [2.45, 2.75) is 26.8 Å². The van der Waals surface area contributed by atoms with Gasteiger partial charge in [0, 0.05) is 10.0 Å². The lowest BCUT2D eigenvalue weighted by molar-refractivity contribution is -0.115. The van der Waals surface area contributed by atoms with Crippen molar-refractivity contribution in [2.24, 2.45) is 0 Å². The third-order valence-corrected chi connectivity index (χ3v) is 4.63. The van der Waals surface area contributed by atoms with Gasteiger partial charge in [-0.2, -0.15) is 5.10 Å². The lowest BCUT2D eigenvalue weighted by Crippen LogP contribution is -2.15. The van der Waals surface area contributed by atoms with Crippen LogP contribution in [0.4, 0.5) is 5.69 Å². The van der Waals surface area contributed by atoms with E-state index in [0.29, 0.717) is 16.6 Å². The predicted octanol–water partition coefficient (Wildman–Crippen LogP) is 5.04. The van der Waals surface area contributed by atoms with E-state index in [1.807, 2.05) is 54.9 Å². The summed E-state index contributed by atoms with van der Waals surface area (Å²) >= 11 is 11.9. The van der Waals surface area contributed by atoms with Crippen LogP contribution in [0.2, 0.25) is 10.0 Å². The summed E-state index contributed by atoms with van der Waals surface area (Å²) in [7, 11) is 0. The zero-order valence-corrected chi connectivity index (χ0v) is 16.1. The van der Waals surface area contributed by atoms with E-state index < -0.39 is 0 Å². The van der Waals surface area contributed by atoms with Crippen LogP contribution < -0.4 is 5.32 Å². The molecule has 0 aliphatic heterocycles. The molecule has 4 nitrogen and oxygen atoms in total. The molecule has 1 amide bonds. The van der Waals surface area contributed by atoms with Gasteiger partial charge in [-0.1, -0.05) is 47.5 Å². The van der Waals surface area contributed by atoms with Crippen molar-refractivity contribution in [3.05, 3.63) is 81.1 Å². The summed E-state index contributed by atoms with van der Waals surface area (Å²) in [5.74, 6) is -0.0826. The Labute approximate surface area is 162 Å². The number of nitrogens with one attached hydrogen (secondary N) is 1. The van der Waals surface area contributed by atoms with Crippen LogP contribution in [0, 0.1) is 13.8 Å². The van der Waals surface area contributed by atoms with E-state index in [9.17, 15) is 4.79 Å². The van der Waals surface area contributed by atoms with Crippen LogP contribution >= 0.6 is 23.2 Å². The van der Waals surface area contributed by atoms with Crippen LogP contribution in [0.15, 0.2) is 48.5 Å². The molecule has 0 unspecified atom stereocenters. The fourth-order valence-corrected chi connectivity index (χ4v) is 3.15. The molecule has 0 aliphatic rings. The first-order valence-corrected chi connectivity index (χ1v) is 9.00. The first-order valence-electron chi connectivity index (χ1n) is 8.25. The number of carbonyl (C=O) groups excluding carboxylic acids is 1. The van der Waals surface area contributed by atoms with E-state index in [1.165, 1.54) is 0 Å². The molecule has 26 heavy (non-hydrogen) atoms. The largest absolute Gasteiger partial charge is 0.323 e. The molecule has 0 atom stereocenters. The summed E-state index contributed by atoms with van der Waals surface area (Å²) in [6.07, 6.45) is 0.287. The zero-order valence-electron chi connectivity index (χ0n) is 14.6. The molecular weight excluding hydrogens is 369 g/mol. The maximum atomic E-state index is 12.4. The Morgan fingerprint density at radius 3 is 2.46 bits per heavy atom. The lowest BCUT2D eigenvalue weighted by atomic mass is 10.1. The average molecular weight is 388 g/mol. The standard InChI is InChI=1S/C20H19Cl2N3O/c1-13-20(23-19(26)11-15-6-8-17(21)9-7-15)14(2)25(24-13)12-16-4-3-5-18(22)10-16/h3-10H,11-12H2,1-2H3,(H,23,26). The molecule has 3 aromatic rings. The SMILES string of the molecule is Cc1nn(Cc2cccc(Cl)c2)c(C)c1NC(=O)Cc1ccc(Cl)cc1. The quantitative estimate of drug-likeness (QED) is 0.666. The summed E-state index contributed by atoms with van der Waals surface area (Å²) < 4.78 is 1.87. The van der Waals surface area contributed by atoms with Crippen LogP contribution in [-0.4, -0.2) is 15.7 Å². The second-order valence-electron chi connectivity index (χ2n) is 6.18. The number of carbonyl (C=O) groups is 1. The second-order valence-corrected chi connectivity index (χ2v) is 7.06. The van der Waals surface area contributed by atoms with Gasteiger partial charge < -0.3 is 5.32 Å². The van der Waals surface area contributed by atoms with Gasteiger partial charge in [-0.15, -0.1) is 0 Å². The minimum atomic E-state index is -0.0826. The molecule has 1 heterocycles. The van der Waals surface area contributed by atoms with Crippen LogP contribution in [0.1, 0.15) is 22.5 Å². The van der Waals surface area contributed by atoms with Gasteiger partial charge in [-0.25, -0.2) is 0 Å². The molecule has 0 aliphatic carbocycles. The third kappa shape index (κ3) is 4.45. The molecule has 0 radical (unpaired) electrons. The van der Waals surface area contributed by atoms with Crippen molar-refractivity contribution in [2.75, 3.05) is 5.32 Å². The van der Waals surface area contributed by atoms with Crippen LogP contribution in [-0.2, 0) is 17.8 Å². The molecule has 0 bridgehead atoms. The Morgan fingerprint density at radius 1 is 1.04 bits per heavy atom. The van der Waals surface area contributed by atoms with E-state index in [4.69, 9.17) is 23.2 Å². The molecule has 0 saturated heterocycles. The highest BCUT2D eigenvalue weighted by atomic mass is 35.5. The number of benzene rings is 2. The Hall–Kier alpha value is -2.30. The molecule has 3 rings (SSSR count). The van der Waals surface area contributed by atoms with Crippen LogP contribution in [0.25, 0.3) is 0 Å². The van der Waals surface area contributed by atoms with Gasteiger partial charge in [-0.05, 0) is 49.2 Å². The summed E-state index contributed by atoms with van der Waals surface area (Å²) in [6, 6.07) is 14.9. The van der Waals surface area contributed by atoms with Crippen molar-refractivity contribution in [1.82, 2.24) is 9.78 Å². The number of aromatic nitrogens is 2. The number of halogens is 2. The highest BCUT2D eigenvalue weighted by Crippen LogP contribution is 2.22. The predicted molar refractivity (Wildman–Crippen MR) is 106 cm³/mol. The normalized spacial score (nSPS) is 10.8. The van der Waals surface area contributed by atoms with Gasteiger partial charge in [0.2, 0.25) is 5.91 Å². The number of aryl methyl sites for hydroxylation is 1. The summed E-state index contributed by atoms with van der Waals surface area (Å²) in [6.45, 7) is 4.43. The first-order chi connectivity index (χ1) is 12.4. The van der Waals surface area contributed by atoms with E-state index in [0.717, 1.165) is 28.2 Å². The van der Waals surface area contributed by atoms with Crippen molar-refractivity contribution < 1.29 is 4.79 Å². The second kappa shape index (κ2) is 7.94. The van der Waals surface area contributed by atoms with Gasteiger partial charge in [0.15, 0.2) is 0 Å². The fraction of sp³-hybridized carbons (Fsp3) is 0.200. The van der Waals surface area contributed by atoms with Crippen molar-refractivity contribution in [3.63, 3.8) is 0 Å². The summed E-state index contributed by atoms with van der Waals surface area (Å²) in [4.78, 5) is 12.4. The Kier molecular flexibility index (Phi) is 5.64.